The first-order valence-electron chi connectivity index (χ1n) is 8.65. The van der Waals surface area contributed by atoms with Gasteiger partial charge < -0.3 is 19.9 Å². The van der Waals surface area contributed by atoms with Gasteiger partial charge in [-0.2, -0.15) is 0 Å². The van der Waals surface area contributed by atoms with E-state index in [0.29, 0.717) is 17.1 Å². The second-order valence-electron chi connectivity index (χ2n) is 6.10. The van der Waals surface area contributed by atoms with Crippen LogP contribution in [0.2, 0.25) is 0 Å². The van der Waals surface area contributed by atoms with Gasteiger partial charge >= 0.3 is 0 Å². The number of nitrogens with one attached hydrogen (secondary N) is 2. The van der Waals surface area contributed by atoms with Crippen molar-refractivity contribution in [2.45, 2.75) is 13.0 Å². The Hall–Kier alpha value is -3.26. The Balaban J connectivity index is 1.52. The number of carbonyl (C=O) groups is 1. The van der Waals surface area contributed by atoms with Crippen LogP contribution in [0.1, 0.15) is 16.3 Å². The van der Waals surface area contributed by atoms with E-state index < -0.39 is 0 Å². The number of benzene rings is 1. The molecule has 0 saturated heterocycles. The number of rotatable bonds is 4. The number of hydrogen-bond donors (Lipinski definition) is 2. The van der Waals surface area contributed by atoms with Gasteiger partial charge in [0.2, 0.25) is 5.88 Å². The molecule has 0 radical (unpaired) electrons. The molecule has 0 saturated carbocycles. The van der Waals surface area contributed by atoms with Crippen LogP contribution in [0.3, 0.4) is 0 Å². The third kappa shape index (κ3) is 3.95. The fraction of sp³-hybridized carbons (Fsp3) is 0.211. The Kier molecular flexibility index (Phi) is 4.80. The summed E-state index contributed by atoms with van der Waals surface area (Å²) in [5.74, 6) is 0.848. The lowest BCUT2D eigenvalue weighted by molar-refractivity contribution is 0.102. The lowest BCUT2D eigenvalue weighted by Gasteiger charge is -2.10. The molecule has 4 rings (SSSR count). The molecule has 1 aliphatic rings. The van der Waals surface area contributed by atoms with Gasteiger partial charge in [0, 0.05) is 38.4 Å². The van der Waals surface area contributed by atoms with E-state index in [1.165, 1.54) is 24.3 Å². The molecule has 27 heavy (non-hydrogen) atoms. The van der Waals surface area contributed by atoms with Crippen LogP contribution in [0.4, 0.5) is 10.1 Å². The van der Waals surface area contributed by atoms with Gasteiger partial charge in [-0.1, -0.05) is 0 Å². The van der Waals surface area contributed by atoms with Crippen LogP contribution in [0.5, 0.6) is 11.6 Å². The van der Waals surface area contributed by atoms with Gasteiger partial charge in [0.1, 0.15) is 28.8 Å². The van der Waals surface area contributed by atoms with Crippen LogP contribution >= 0.6 is 0 Å². The number of hydrogen-bond acceptors (Lipinski definition) is 5. The summed E-state index contributed by atoms with van der Waals surface area (Å²) in [7, 11) is 0. The van der Waals surface area contributed by atoms with Crippen molar-refractivity contribution in [2.75, 3.05) is 18.4 Å². The summed E-state index contributed by atoms with van der Waals surface area (Å²) in [4.78, 5) is 21.2. The zero-order chi connectivity index (χ0) is 18.6. The molecule has 7 nitrogen and oxygen atoms in total. The topological polar surface area (TPSA) is 81.1 Å². The number of nitrogens with zero attached hydrogens (tertiary/aromatic N) is 3. The van der Waals surface area contributed by atoms with Gasteiger partial charge in [-0.25, -0.2) is 14.4 Å². The molecule has 0 atom stereocenters. The number of ether oxygens (including phenoxy) is 1. The maximum atomic E-state index is 13.0. The van der Waals surface area contributed by atoms with Crippen molar-refractivity contribution in [3.8, 4) is 11.6 Å². The zero-order valence-electron chi connectivity index (χ0n) is 14.5. The highest BCUT2D eigenvalue weighted by molar-refractivity contribution is 6.03. The number of amides is 1. The van der Waals surface area contributed by atoms with E-state index in [2.05, 4.69) is 20.6 Å². The summed E-state index contributed by atoms with van der Waals surface area (Å²) >= 11 is 0. The first-order chi connectivity index (χ1) is 13.2. The van der Waals surface area contributed by atoms with Crippen molar-refractivity contribution < 1.29 is 13.9 Å². The number of carbonyl (C=O) groups excluding carboxylic acids is 1. The van der Waals surface area contributed by atoms with Crippen molar-refractivity contribution in [2.24, 2.45) is 0 Å². The Bertz CT molecular complexity index is 931. The smallest absolute Gasteiger partial charge is 0.276 e. The van der Waals surface area contributed by atoms with Crippen LogP contribution < -0.4 is 15.4 Å². The zero-order valence-corrected chi connectivity index (χ0v) is 14.5. The lowest BCUT2D eigenvalue weighted by atomic mass is 10.3. The molecule has 8 heteroatoms. The summed E-state index contributed by atoms with van der Waals surface area (Å²) in [5.41, 5.74) is 0.764. The van der Waals surface area contributed by atoms with Gasteiger partial charge in [0.25, 0.3) is 5.91 Å². The van der Waals surface area contributed by atoms with Gasteiger partial charge in [-0.05, 0) is 36.4 Å². The quantitative estimate of drug-likeness (QED) is 0.741. The Morgan fingerprint density at radius 3 is 2.93 bits per heavy atom. The van der Waals surface area contributed by atoms with E-state index in [4.69, 9.17) is 4.74 Å². The summed E-state index contributed by atoms with van der Waals surface area (Å²) in [5, 5.41) is 6.08. The SMILES string of the molecule is O=C(Nc1cccnc1Oc1ccc(F)cc1)c1cn2c(n1)CCNCC2. The second kappa shape index (κ2) is 7.55. The third-order valence-corrected chi connectivity index (χ3v) is 4.19. The van der Waals surface area contributed by atoms with Crippen molar-refractivity contribution in [1.29, 1.82) is 0 Å². The lowest BCUT2D eigenvalue weighted by Crippen LogP contribution is -2.18. The van der Waals surface area contributed by atoms with E-state index in [9.17, 15) is 9.18 Å². The fourth-order valence-electron chi connectivity index (χ4n) is 2.85. The third-order valence-electron chi connectivity index (χ3n) is 4.19. The van der Waals surface area contributed by atoms with Crippen molar-refractivity contribution in [3.63, 3.8) is 0 Å². The van der Waals surface area contributed by atoms with Crippen molar-refractivity contribution >= 4 is 11.6 Å². The molecular formula is C19H18FN5O2. The minimum absolute atomic E-state index is 0.224. The molecule has 0 spiro atoms. The van der Waals surface area contributed by atoms with Crippen LogP contribution in [0.25, 0.3) is 0 Å². The molecular weight excluding hydrogens is 349 g/mol. The van der Waals surface area contributed by atoms with E-state index in [-0.39, 0.29) is 17.6 Å². The molecule has 2 aromatic heterocycles. The van der Waals surface area contributed by atoms with Crippen molar-refractivity contribution in [3.05, 3.63) is 66.1 Å². The highest BCUT2D eigenvalue weighted by Crippen LogP contribution is 2.27. The molecule has 0 fully saturated rings. The van der Waals surface area contributed by atoms with Crippen LogP contribution in [-0.2, 0) is 13.0 Å². The van der Waals surface area contributed by atoms with E-state index in [1.54, 1.807) is 24.5 Å². The van der Waals surface area contributed by atoms with Crippen LogP contribution in [-0.4, -0.2) is 33.5 Å². The maximum absolute atomic E-state index is 13.0. The Morgan fingerprint density at radius 2 is 2.07 bits per heavy atom. The van der Waals surface area contributed by atoms with Crippen molar-refractivity contribution in [1.82, 2.24) is 19.9 Å². The second-order valence-corrected chi connectivity index (χ2v) is 6.10. The number of imidazole rings is 1. The van der Waals surface area contributed by atoms with Crippen LogP contribution in [0, 0.1) is 5.82 Å². The molecule has 2 N–H and O–H groups in total. The molecule has 138 valence electrons. The first-order valence-corrected chi connectivity index (χ1v) is 8.65. The highest BCUT2D eigenvalue weighted by atomic mass is 19.1. The summed E-state index contributed by atoms with van der Waals surface area (Å²) in [6.45, 7) is 2.47. The Morgan fingerprint density at radius 1 is 1.22 bits per heavy atom. The summed E-state index contributed by atoms with van der Waals surface area (Å²) in [6, 6.07) is 8.97. The number of aromatic nitrogens is 3. The normalized spacial score (nSPS) is 13.5. The highest BCUT2D eigenvalue weighted by Gasteiger charge is 2.17. The molecule has 0 unspecified atom stereocenters. The van der Waals surface area contributed by atoms with E-state index in [1.807, 2.05) is 4.57 Å². The molecule has 1 aliphatic heterocycles. The minimum Gasteiger partial charge on any atom is -0.437 e. The van der Waals surface area contributed by atoms with Gasteiger partial charge in [-0.3, -0.25) is 4.79 Å². The largest absolute Gasteiger partial charge is 0.437 e. The average molecular weight is 367 g/mol. The molecule has 0 aliphatic carbocycles. The number of fused-ring (bicyclic) bond motifs is 1. The fourth-order valence-corrected chi connectivity index (χ4v) is 2.85. The van der Waals surface area contributed by atoms with Gasteiger partial charge in [-0.15, -0.1) is 0 Å². The standard InChI is InChI=1S/C19H18FN5O2/c20-13-3-5-14(6-4-13)27-19-15(2-1-8-22-19)24-18(26)16-12-25-11-10-21-9-7-17(25)23-16/h1-6,8,12,21H,7,9-11H2,(H,24,26). The number of anilines is 1. The average Bonchev–Trinajstić information content (AvgIpc) is 2.96. The molecule has 3 aromatic rings. The molecule has 1 aromatic carbocycles. The predicted octanol–water partition coefficient (Wildman–Crippen LogP) is 2.61. The summed E-state index contributed by atoms with van der Waals surface area (Å²) in [6.07, 6.45) is 4.09. The Labute approximate surface area is 155 Å². The molecule has 3 heterocycles. The van der Waals surface area contributed by atoms with E-state index >= 15 is 0 Å². The van der Waals surface area contributed by atoms with Gasteiger partial charge in [0.05, 0.1) is 0 Å². The number of halogens is 1. The minimum atomic E-state index is -0.355. The number of pyridine rings is 1. The predicted molar refractivity (Wildman–Crippen MR) is 97.5 cm³/mol. The summed E-state index contributed by atoms with van der Waals surface area (Å²) < 4.78 is 20.7. The van der Waals surface area contributed by atoms with Crippen LogP contribution in [0.15, 0.2) is 48.8 Å². The maximum Gasteiger partial charge on any atom is 0.276 e. The van der Waals surface area contributed by atoms with E-state index in [0.717, 1.165) is 31.9 Å². The van der Waals surface area contributed by atoms with Gasteiger partial charge in [0.15, 0.2) is 0 Å². The molecule has 1 amide bonds. The first kappa shape index (κ1) is 17.2. The monoisotopic (exact) mass is 367 g/mol. The molecule has 0 bridgehead atoms.